The number of benzene rings is 1. The number of hydrogen-bond acceptors (Lipinski definition) is 3. The quantitative estimate of drug-likeness (QED) is 0.792. The number of carbonyl (C=O) groups excluding carboxylic acids is 1. The molecule has 4 heteroatoms. The van der Waals surface area contributed by atoms with E-state index in [1.165, 1.54) is 6.92 Å². The number of nitrogens with zero attached hydrogens (tertiary/aromatic N) is 1. The molecule has 0 atom stereocenters. The number of ketones is 1. The Bertz CT molecular complexity index is 435. The molecule has 15 heavy (non-hydrogen) atoms. The summed E-state index contributed by atoms with van der Waals surface area (Å²) in [5.74, 6) is 0.256. The predicted octanol–water partition coefficient (Wildman–Crippen LogP) is 2.92. The molecule has 0 radical (unpaired) electrons. The zero-order valence-electron chi connectivity index (χ0n) is 8.50. The second kappa shape index (κ2) is 4.94. The summed E-state index contributed by atoms with van der Waals surface area (Å²) in [4.78, 5) is 11.4. The summed E-state index contributed by atoms with van der Waals surface area (Å²) in [6.07, 6.45) is 0. The maximum Gasteiger partial charge on any atom is 0.163 e. The third kappa shape index (κ3) is 2.57. The molecule has 0 bridgehead atoms. The van der Waals surface area contributed by atoms with Crippen LogP contribution in [0, 0.1) is 11.3 Å². The van der Waals surface area contributed by atoms with Gasteiger partial charge in [-0.05, 0) is 26.0 Å². The van der Waals surface area contributed by atoms with Gasteiger partial charge in [0.25, 0.3) is 0 Å². The molecule has 0 amide bonds. The van der Waals surface area contributed by atoms with Crippen molar-refractivity contribution >= 4 is 21.7 Å². The van der Waals surface area contributed by atoms with Crippen molar-refractivity contribution in [1.29, 1.82) is 5.26 Å². The lowest BCUT2D eigenvalue weighted by atomic mass is 10.1. The van der Waals surface area contributed by atoms with Crippen LogP contribution in [0.4, 0.5) is 0 Å². The van der Waals surface area contributed by atoms with Gasteiger partial charge in [0, 0.05) is 4.47 Å². The molecular weight excluding hydrogens is 258 g/mol. The van der Waals surface area contributed by atoms with Crippen LogP contribution in [-0.4, -0.2) is 12.4 Å². The number of ether oxygens (including phenoxy) is 1. The Morgan fingerprint density at radius 3 is 2.73 bits per heavy atom. The number of nitriles is 1. The molecule has 0 N–H and O–H groups in total. The van der Waals surface area contributed by atoms with E-state index in [0.29, 0.717) is 28.0 Å². The predicted molar refractivity (Wildman–Crippen MR) is 60.0 cm³/mol. The average Bonchev–Trinajstić information content (AvgIpc) is 2.19. The van der Waals surface area contributed by atoms with Crippen LogP contribution in [0.15, 0.2) is 16.6 Å². The molecule has 0 spiro atoms. The molecule has 0 aliphatic carbocycles. The van der Waals surface area contributed by atoms with Crippen LogP contribution in [0.25, 0.3) is 0 Å². The Kier molecular flexibility index (Phi) is 3.87. The van der Waals surface area contributed by atoms with Crippen LogP contribution in [0.3, 0.4) is 0 Å². The summed E-state index contributed by atoms with van der Waals surface area (Å²) >= 11 is 3.25. The Labute approximate surface area is 96.8 Å². The van der Waals surface area contributed by atoms with Gasteiger partial charge < -0.3 is 4.74 Å². The van der Waals surface area contributed by atoms with Crippen molar-refractivity contribution in [3.8, 4) is 11.8 Å². The van der Waals surface area contributed by atoms with Crippen molar-refractivity contribution in [3.63, 3.8) is 0 Å². The van der Waals surface area contributed by atoms with E-state index in [1.54, 1.807) is 12.1 Å². The Morgan fingerprint density at radius 2 is 2.27 bits per heavy atom. The lowest BCUT2D eigenvalue weighted by molar-refractivity contribution is 0.101. The van der Waals surface area contributed by atoms with E-state index >= 15 is 0 Å². The fraction of sp³-hybridized carbons (Fsp3) is 0.273. The molecule has 1 rings (SSSR count). The summed E-state index contributed by atoms with van der Waals surface area (Å²) in [7, 11) is 0. The lowest BCUT2D eigenvalue weighted by Gasteiger charge is -2.10. The third-order valence-electron chi connectivity index (χ3n) is 1.84. The van der Waals surface area contributed by atoms with Crippen LogP contribution in [0.2, 0.25) is 0 Å². The minimum absolute atomic E-state index is 0.115. The zero-order valence-corrected chi connectivity index (χ0v) is 10.1. The molecule has 3 nitrogen and oxygen atoms in total. The molecule has 0 fully saturated rings. The van der Waals surface area contributed by atoms with E-state index in [4.69, 9.17) is 10.00 Å². The fourth-order valence-corrected chi connectivity index (χ4v) is 1.70. The van der Waals surface area contributed by atoms with Gasteiger partial charge in [0.05, 0.1) is 17.7 Å². The fourth-order valence-electron chi connectivity index (χ4n) is 1.24. The van der Waals surface area contributed by atoms with Gasteiger partial charge in [-0.2, -0.15) is 5.26 Å². The van der Waals surface area contributed by atoms with Gasteiger partial charge in [-0.15, -0.1) is 0 Å². The smallest absolute Gasteiger partial charge is 0.163 e. The van der Waals surface area contributed by atoms with E-state index < -0.39 is 0 Å². The first kappa shape index (κ1) is 11.7. The number of halogens is 1. The number of Topliss-reactive ketones (excluding diaryl/α,β-unsaturated/α-hetero) is 1. The van der Waals surface area contributed by atoms with E-state index in [2.05, 4.69) is 15.9 Å². The maximum absolute atomic E-state index is 11.4. The highest BCUT2D eigenvalue weighted by Gasteiger charge is 2.14. The molecule has 1 aromatic carbocycles. The zero-order chi connectivity index (χ0) is 11.4. The highest BCUT2D eigenvalue weighted by molar-refractivity contribution is 9.10. The van der Waals surface area contributed by atoms with Gasteiger partial charge in [0.15, 0.2) is 5.78 Å². The molecule has 0 saturated carbocycles. The highest BCUT2D eigenvalue weighted by atomic mass is 79.9. The van der Waals surface area contributed by atoms with E-state index in [0.717, 1.165) is 0 Å². The van der Waals surface area contributed by atoms with Crippen LogP contribution in [0.1, 0.15) is 29.8 Å². The largest absolute Gasteiger partial charge is 0.492 e. The minimum atomic E-state index is -0.115. The van der Waals surface area contributed by atoms with Gasteiger partial charge in [0.1, 0.15) is 11.8 Å². The van der Waals surface area contributed by atoms with Crippen LogP contribution >= 0.6 is 15.9 Å². The van der Waals surface area contributed by atoms with Crippen molar-refractivity contribution in [2.75, 3.05) is 6.61 Å². The van der Waals surface area contributed by atoms with Crippen molar-refractivity contribution < 1.29 is 9.53 Å². The van der Waals surface area contributed by atoms with Crippen molar-refractivity contribution in [3.05, 3.63) is 27.7 Å². The highest BCUT2D eigenvalue weighted by Crippen LogP contribution is 2.28. The number of carbonyl (C=O) groups is 1. The molecule has 1 aromatic rings. The topological polar surface area (TPSA) is 50.1 Å². The van der Waals surface area contributed by atoms with Crippen molar-refractivity contribution in [2.45, 2.75) is 13.8 Å². The SMILES string of the molecule is CCOc1c(C#N)cc(Br)cc1C(C)=O. The van der Waals surface area contributed by atoms with Crippen LogP contribution < -0.4 is 4.74 Å². The Morgan fingerprint density at radius 1 is 1.60 bits per heavy atom. The molecule has 0 aliphatic rings. The van der Waals surface area contributed by atoms with Gasteiger partial charge in [-0.25, -0.2) is 0 Å². The molecule has 0 aliphatic heterocycles. The maximum atomic E-state index is 11.4. The lowest BCUT2D eigenvalue weighted by Crippen LogP contribution is -2.03. The third-order valence-corrected chi connectivity index (χ3v) is 2.30. The Hall–Kier alpha value is -1.34. The number of rotatable bonds is 3. The van der Waals surface area contributed by atoms with Crippen molar-refractivity contribution in [2.24, 2.45) is 0 Å². The second-order valence-corrected chi connectivity index (χ2v) is 3.85. The first-order chi connectivity index (χ1) is 7.10. The summed E-state index contributed by atoms with van der Waals surface area (Å²) in [6, 6.07) is 5.31. The molecule has 0 aromatic heterocycles. The van der Waals surface area contributed by atoms with Gasteiger partial charge in [-0.1, -0.05) is 15.9 Å². The monoisotopic (exact) mass is 267 g/mol. The van der Waals surface area contributed by atoms with Crippen LogP contribution in [-0.2, 0) is 0 Å². The summed E-state index contributed by atoms with van der Waals surface area (Å²) < 4.78 is 6.01. The van der Waals surface area contributed by atoms with Gasteiger partial charge in [0.2, 0.25) is 0 Å². The molecule has 0 unspecified atom stereocenters. The normalized spacial score (nSPS) is 9.47. The molecule has 78 valence electrons. The summed E-state index contributed by atoms with van der Waals surface area (Å²) in [5.41, 5.74) is 0.805. The second-order valence-electron chi connectivity index (χ2n) is 2.93. The summed E-state index contributed by atoms with van der Waals surface area (Å²) in [5, 5.41) is 8.91. The minimum Gasteiger partial charge on any atom is -0.492 e. The molecule has 0 saturated heterocycles. The molecular formula is C11H10BrNO2. The van der Waals surface area contributed by atoms with E-state index in [1.807, 2.05) is 13.0 Å². The van der Waals surface area contributed by atoms with E-state index in [9.17, 15) is 4.79 Å². The number of hydrogen-bond donors (Lipinski definition) is 0. The van der Waals surface area contributed by atoms with Gasteiger partial charge >= 0.3 is 0 Å². The van der Waals surface area contributed by atoms with E-state index in [-0.39, 0.29) is 5.78 Å². The average molecular weight is 268 g/mol. The Balaban J connectivity index is 3.41. The molecule has 0 heterocycles. The van der Waals surface area contributed by atoms with Crippen LogP contribution in [0.5, 0.6) is 5.75 Å². The summed E-state index contributed by atoms with van der Waals surface area (Å²) in [6.45, 7) is 3.69. The standard InChI is InChI=1S/C11H10BrNO2/c1-3-15-11-8(6-13)4-9(12)5-10(11)7(2)14/h4-5H,3H2,1-2H3. The first-order valence-electron chi connectivity index (χ1n) is 4.47. The van der Waals surface area contributed by atoms with Gasteiger partial charge in [-0.3, -0.25) is 4.79 Å². The van der Waals surface area contributed by atoms with Crippen molar-refractivity contribution in [1.82, 2.24) is 0 Å². The first-order valence-corrected chi connectivity index (χ1v) is 5.26.